The number of carbonyl (C=O) groups excluding carboxylic acids is 1. The van der Waals surface area contributed by atoms with Crippen molar-refractivity contribution in [2.24, 2.45) is 0 Å². The second-order valence-electron chi connectivity index (χ2n) is 6.38. The van der Waals surface area contributed by atoms with Crippen LogP contribution in [0.25, 0.3) is 11.1 Å². The van der Waals surface area contributed by atoms with Gasteiger partial charge in [-0.1, -0.05) is 63.9 Å². The minimum Gasteiger partial charge on any atom is -0.489 e. The lowest BCUT2D eigenvalue weighted by atomic mass is 9.97. The maximum atomic E-state index is 12.3. The predicted molar refractivity (Wildman–Crippen MR) is 114 cm³/mol. The third-order valence-corrected chi connectivity index (χ3v) is 5.29. The molecule has 3 aromatic rings. The first kappa shape index (κ1) is 18.8. The molecule has 0 bridgehead atoms. The van der Waals surface area contributed by atoms with Crippen LogP contribution in [0.2, 0.25) is 5.02 Å². The van der Waals surface area contributed by atoms with Crippen LogP contribution in [-0.4, -0.2) is 12.6 Å². The highest BCUT2D eigenvalue weighted by atomic mass is 79.9. The topological polar surface area (TPSA) is 35.5 Å². The Morgan fingerprint density at radius 1 is 0.893 bits per heavy atom. The van der Waals surface area contributed by atoms with Crippen molar-refractivity contribution >= 4 is 44.6 Å². The van der Waals surface area contributed by atoms with Crippen molar-refractivity contribution in [1.82, 2.24) is 0 Å². The summed E-state index contributed by atoms with van der Waals surface area (Å²) in [5.74, 6) is 0.431. The highest BCUT2D eigenvalue weighted by molar-refractivity contribution is 9.10. The molecular formula is C23H16BrClO3. The summed E-state index contributed by atoms with van der Waals surface area (Å²) in [4.78, 5) is 12.3. The molecule has 28 heavy (non-hydrogen) atoms. The molecule has 0 saturated heterocycles. The molecule has 3 aromatic carbocycles. The summed E-state index contributed by atoms with van der Waals surface area (Å²) in [6.07, 6.45) is 0. The van der Waals surface area contributed by atoms with Crippen molar-refractivity contribution in [3.63, 3.8) is 0 Å². The molecule has 0 atom stereocenters. The second-order valence-corrected chi connectivity index (χ2v) is 7.73. The normalized spacial score (nSPS) is 13.6. The minimum absolute atomic E-state index is 0.262. The molecule has 1 heterocycles. The molecule has 0 N–H and O–H groups in total. The minimum atomic E-state index is -0.312. The van der Waals surface area contributed by atoms with Crippen molar-refractivity contribution in [3.8, 4) is 5.75 Å². The number of ether oxygens (including phenoxy) is 2. The molecule has 0 fully saturated rings. The lowest BCUT2D eigenvalue weighted by Crippen LogP contribution is -1.99. The van der Waals surface area contributed by atoms with Crippen molar-refractivity contribution in [3.05, 3.63) is 99.0 Å². The summed E-state index contributed by atoms with van der Waals surface area (Å²) in [5, 5.41) is 0.656. The van der Waals surface area contributed by atoms with Crippen LogP contribution in [0, 0.1) is 0 Å². The molecule has 0 aliphatic carbocycles. The lowest BCUT2D eigenvalue weighted by Gasteiger charge is -2.08. The number of esters is 1. The van der Waals surface area contributed by atoms with Crippen LogP contribution in [0.5, 0.6) is 5.75 Å². The Balaban J connectivity index is 1.54. The van der Waals surface area contributed by atoms with E-state index < -0.39 is 0 Å². The molecule has 5 heteroatoms. The van der Waals surface area contributed by atoms with Crippen LogP contribution in [0.1, 0.15) is 16.7 Å². The summed E-state index contributed by atoms with van der Waals surface area (Å²) in [5.41, 5.74) is 4.27. The Morgan fingerprint density at radius 2 is 1.54 bits per heavy atom. The third kappa shape index (κ3) is 4.13. The van der Waals surface area contributed by atoms with Crippen molar-refractivity contribution in [1.29, 1.82) is 0 Å². The number of carbonyl (C=O) groups is 1. The summed E-state index contributed by atoms with van der Waals surface area (Å²) < 4.78 is 12.2. The van der Waals surface area contributed by atoms with Gasteiger partial charge in [0.25, 0.3) is 0 Å². The molecule has 140 valence electrons. The SMILES string of the molecule is O=C1OCC(c2ccc(Cl)cc2)=C1c1ccc(OCc2ccc(Br)cc2)cc1. The number of rotatable bonds is 5. The summed E-state index contributed by atoms with van der Waals surface area (Å²) in [6, 6.07) is 22.9. The Hall–Kier alpha value is -2.56. The van der Waals surface area contributed by atoms with Crippen LogP contribution in [-0.2, 0) is 16.1 Å². The lowest BCUT2D eigenvalue weighted by molar-refractivity contribution is -0.133. The van der Waals surface area contributed by atoms with Crippen LogP contribution < -0.4 is 4.74 Å². The fourth-order valence-corrected chi connectivity index (χ4v) is 3.43. The van der Waals surface area contributed by atoms with E-state index in [4.69, 9.17) is 21.1 Å². The molecule has 0 aromatic heterocycles. The van der Waals surface area contributed by atoms with Gasteiger partial charge in [-0.3, -0.25) is 0 Å². The fraction of sp³-hybridized carbons (Fsp3) is 0.0870. The standard InChI is InChI=1S/C23H16BrClO3/c24-18-7-1-15(2-8-18)13-27-20-11-5-17(6-12-20)22-21(14-28-23(22)26)16-3-9-19(25)10-4-16/h1-12H,13-14H2. The van der Waals surface area contributed by atoms with E-state index in [0.717, 1.165) is 32.5 Å². The van der Waals surface area contributed by atoms with E-state index in [-0.39, 0.29) is 12.6 Å². The van der Waals surface area contributed by atoms with E-state index in [2.05, 4.69) is 15.9 Å². The van der Waals surface area contributed by atoms with Crippen molar-refractivity contribution in [2.45, 2.75) is 6.61 Å². The first-order valence-electron chi connectivity index (χ1n) is 8.74. The van der Waals surface area contributed by atoms with Crippen molar-refractivity contribution < 1.29 is 14.3 Å². The zero-order chi connectivity index (χ0) is 19.5. The van der Waals surface area contributed by atoms with Gasteiger partial charge in [0.15, 0.2) is 0 Å². The van der Waals surface area contributed by atoms with E-state index in [1.165, 1.54) is 0 Å². The molecule has 4 rings (SSSR count). The molecule has 1 aliphatic rings. The summed E-state index contributed by atoms with van der Waals surface area (Å²) >= 11 is 9.39. The zero-order valence-corrected chi connectivity index (χ0v) is 17.2. The van der Waals surface area contributed by atoms with Crippen LogP contribution in [0.15, 0.2) is 77.3 Å². The predicted octanol–water partition coefficient (Wildman–Crippen LogP) is 6.15. The van der Waals surface area contributed by atoms with Gasteiger partial charge >= 0.3 is 5.97 Å². The molecule has 0 spiro atoms. The van der Waals surface area contributed by atoms with Crippen LogP contribution >= 0.6 is 27.5 Å². The Morgan fingerprint density at radius 3 is 2.21 bits per heavy atom. The van der Waals surface area contributed by atoms with E-state index >= 15 is 0 Å². The highest BCUT2D eigenvalue weighted by Gasteiger charge is 2.27. The number of benzene rings is 3. The van der Waals surface area contributed by atoms with Gasteiger partial charge in [-0.2, -0.15) is 0 Å². The summed E-state index contributed by atoms with van der Waals surface area (Å²) in [7, 11) is 0. The monoisotopic (exact) mass is 454 g/mol. The van der Waals surface area contributed by atoms with E-state index in [1.807, 2.05) is 72.8 Å². The Kier molecular flexibility index (Phi) is 5.51. The van der Waals surface area contributed by atoms with Gasteiger partial charge in [0.2, 0.25) is 0 Å². The number of cyclic esters (lactones) is 1. The van der Waals surface area contributed by atoms with E-state index in [0.29, 0.717) is 17.2 Å². The highest BCUT2D eigenvalue weighted by Crippen LogP contribution is 2.34. The van der Waals surface area contributed by atoms with Gasteiger partial charge < -0.3 is 9.47 Å². The number of hydrogen-bond donors (Lipinski definition) is 0. The van der Waals surface area contributed by atoms with E-state index in [1.54, 1.807) is 0 Å². The third-order valence-electron chi connectivity index (χ3n) is 4.51. The van der Waals surface area contributed by atoms with Gasteiger partial charge in [0.05, 0.1) is 5.57 Å². The molecule has 0 unspecified atom stereocenters. The maximum absolute atomic E-state index is 12.3. The maximum Gasteiger partial charge on any atom is 0.339 e. The molecular weight excluding hydrogens is 440 g/mol. The Labute approximate surface area is 176 Å². The molecule has 1 aliphatic heterocycles. The number of hydrogen-bond acceptors (Lipinski definition) is 3. The van der Waals surface area contributed by atoms with Gasteiger partial charge in [0, 0.05) is 15.1 Å². The van der Waals surface area contributed by atoms with Gasteiger partial charge in [-0.15, -0.1) is 0 Å². The van der Waals surface area contributed by atoms with Crippen LogP contribution in [0.4, 0.5) is 0 Å². The largest absolute Gasteiger partial charge is 0.489 e. The van der Waals surface area contributed by atoms with E-state index in [9.17, 15) is 4.79 Å². The fourth-order valence-electron chi connectivity index (χ4n) is 3.04. The van der Waals surface area contributed by atoms with Gasteiger partial charge in [-0.05, 0) is 53.1 Å². The first-order chi connectivity index (χ1) is 13.6. The average molecular weight is 456 g/mol. The van der Waals surface area contributed by atoms with Gasteiger partial charge in [-0.25, -0.2) is 4.79 Å². The van der Waals surface area contributed by atoms with Gasteiger partial charge in [0.1, 0.15) is 19.0 Å². The molecule has 0 amide bonds. The Bertz CT molecular complexity index is 1020. The zero-order valence-electron chi connectivity index (χ0n) is 14.8. The van der Waals surface area contributed by atoms with Crippen LogP contribution in [0.3, 0.4) is 0 Å². The molecule has 0 saturated carbocycles. The first-order valence-corrected chi connectivity index (χ1v) is 9.91. The quantitative estimate of drug-likeness (QED) is 0.433. The van der Waals surface area contributed by atoms with Crippen molar-refractivity contribution in [2.75, 3.05) is 6.61 Å². The smallest absolute Gasteiger partial charge is 0.339 e. The second kappa shape index (κ2) is 8.21. The molecule has 3 nitrogen and oxygen atoms in total. The number of halogens is 2. The molecule has 0 radical (unpaired) electrons. The average Bonchev–Trinajstić information content (AvgIpc) is 3.10. The summed E-state index contributed by atoms with van der Waals surface area (Å²) in [6.45, 7) is 0.741.